The zero-order valence-electron chi connectivity index (χ0n) is 18.7. The van der Waals surface area contributed by atoms with E-state index in [-0.39, 0.29) is 24.6 Å². The number of carbonyl (C=O) groups excluding carboxylic acids is 2. The van der Waals surface area contributed by atoms with Crippen LogP contribution in [0.1, 0.15) is 50.2 Å². The van der Waals surface area contributed by atoms with Gasteiger partial charge in [0.1, 0.15) is 6.04 Å². The summed E-state index contributed by atoms with van der Waals surface area (Å²) in [5.41, 5.74) is 2.18. The zero-order chi connectivity index (χ0) is 22.3. The van der Waals surface area contributed by atoms with Gasteiger partial charge in [0.25, 0.3) is 0 Å². The first-order chi connectivity index (χ1) is 15.6. The fourth-order valence-electron chi connectivity index (χ4n) is 4.45. The molecule has 170 valence electrons. The van der Waals surface area contributed by atoms with E-state index in [1.165, 1.54) is 0 Å². The number of aryl methyl sites for hydroxylation is 1. The number of nitrogens with zero attached hydrogens (tertiary/aromatic N) is 1. The molecule has 2 amide bonds. The van der Waals surface area contributed by atoms with Gasteiger partial charge in [0.05, 0.1) is 0 Å². The van der Waals surface area contributed by atoms with Crippen molar-refractivity contribution in [3.8, 4) is 11.5 Å². The number of benzene rings is 2. The molecule has 2 aromatic rings. The monoisotopic (exact) mass is 436 g/mol. The summed E-state index contributed by atoms with van der Waals surface area (Å²) in [4.78, 5) is 27.9. The minimum atomic E-state index is -0.497. The second kappa shape index (κ2) is 10.5. The number of carbonyl (C=O) groups is 2. The normalized spacial score (nSPS) is 16.0. The van der Waals surface area contributed by atoms with Crippen LogP contribution in [0, 0.1) is 0 Å². The van der Waals surface area contributed by atoms with Crippen LogP contribution in [-0.2, 0) is 22.4 Å². The lowest BCUT2D eigenvalue weighted by molar-refractivity contribution is -0.140. The molecular formula is C26H32N2O4. The van der Waals surface area contributed by atoms with E-state index in [4.69, 9.17) is 9.47 Å². The standard InChI is InChI=1S/C26H32N2O4/c1-19(26(30)27-22-9-5-6-10-22)28(16-15-20-7-3-2-4-8-20)25(29)14-12-21-11-13-23-24(17-21)32-18-31-23/h2-4,7-8,11,13,17,19,22H,5-6,9-10,12,14-16,18H2,1H3,(H,27,30). The molecule has 0 aromatic heterocycles. The van der Waals surface area contributed by atoms with E-state index >= 15 is 0 Å². The van der Waals surface area contributed by atoms with E-state index in [0.717, 1.165) is 54.7 Å². The maximum absolute atomic E-state index is 13.2. The molecular weight excluding hydrogens is 404 g/mol. The third-order valence-corrected chi connectivity index (χ3v) is 6.42. The van der Waals surface area contributed by atoms with Crippen LogP contribution in [0.4, 0.5) is 0 Å². The summed E-state index contributed by atoms with van der Waals surface area (Å²) < 4.78 is 10.8. The Hall–Kier alpha value is -3.02. The van der Waals surface area contributed by atoms with Crippen LogP contribution in [0.15, 0.2) is 48.5 Å². The molecule has 4 rings (SSSR count). The Kier molecular flexibility index (Phi) is 7.30. The molecule has 1 heterocycles. The molecule has 1 unspecified atom stereocenters. The quantitative estimate of drug-likeness (QED) is 0.648. The van der Waals surface area contributed by atoms with E-state index in [2.05, 4.69) is 17.4 Å². The van der Waals surface area contributed by atoms with Crippen molar-refractivity contribution in [2.75, 3.05) is 13.3 Å². The second-order valence-electron chi connectivity index (χ2n) is 8.68. The summed E-state index contributed by atoms with van der Waals surface area (Å²) in [5, 5.41) is 3.15. The van der Waals surface area contributed by atoms with E-state index in [9.17, 15) is 9.59 Å². The number of ether oxygens (including phenoxy) is 2. The Balaban J connectivity index is 1.40. The molecule has 1 N–H and O–H groups in total. The third kappa shape index (κ3) is 5.61. The molecule has 6 heteroatoms. The van der Waals surface area contributed by atoms with Crippen molar-refractivity contribution in [2.45, 2.75) is 64.0 Å². The zero-order valence-corrected chi connectivity index (χ0v) is 18.7. The van der Waals surface area contributed by atoms with E-state index in [1.54, 1.807) is 4.90 Å². The Morgan fingerprint density at radius 2 is 1.75 bits per heavy atom. The topological polar surface area (TPSA) is 67.9 Å². The van der Waals surface area contributed by atoms with E-state index in [0.29, 0.717) is 19.4 Å². The van der Waals surface area contributed by atoms with Crippen molar-refractivity contribution < 1.29 is 19.1 Å². The Morgan fingerprint density at radius 3 is 2.53 bits per heavy atom. The van der Waals surface area contributed by atoms with Crippen LogP contribution in [0.3, 0.4) is 0 Å². The minimum absolute atomic E-state index is 0.00679. The molecule has 1 fully saturated rings. The van der Waals surface area contributed by atoms with Gasteiger partial charge in [0.2, 0.25) is 18.6 Å². The number of hydrogen-bond donors (Lipinski definition) is 1. The van der Waals surface area contributed by atoms with Crippen LogP contribution < -0.4 is 14.8 Å². The summed E-state index contributed by atoms with van der Waals surface area (Å²) in [7, 11) is 0. The van der Waals surface area contributed by atoms with Crippen molar-refractivity contribution in [1.82, 2.24) is 10.2 Å². The van der Waals surface area contributed by atoms with Gasteiger partial charge in [-0.2, -0.15) is 0 Å². The van der Waals surface area contributed by atoms with Gasteiger partial charge in [0.15, 0.2) is 11.5 Å². The van der Waals surface area contributed by atoms with Crippen molar-refractivity contribution in [3.63, 3.8) is 0 Å². The molecule has 0 bridgehead atoms. The van der Waals surface area contributed by atoms with Crippen molar-refractivity contribution in [3.05, 3.63) is 59.7 Å². The Morgan fingerprint density at radius 1 is 1.00 bits per heavy atom. The molecule has 0 spiro atoms. The van der Waals surface area contributed by atoms with Gasteiger partial charge in [-0.05, 0) is 55.9 Å². The number of nitrogens with one attached hydrogen (secondary N) is 1. The van der Waals surface area contributed by atoms with Gasteiger partial charge >= 0.3 is 0 Å². The summed E-state index contributed by atoms with van der Waals surface area (Å²) in [6, 6.07) is 15.6. The van der Waals surface area contributed by atoms with Crippen molar-refractivity contribution >= 4 is 11.8 Å². The van der Waals surface area contributed by atoms with Gasteiger partial charge in [-0.3, -0.25) is 9.59 Å². The second-order valence-corrected chi connectivity index (χ2v) is 8.68. The van der Waals surface area contributed by atoms with Crippen LogP contribution in [0.5, 0.6) is 11.5 Å². The van der Waals surface area contributed by atoms with Crippen LogP contribution in [-0.4, -0.2) is 42.1 Å². The van der Waals surface area contributed by atoms with E-state index < -0.39 is 6.04 Å². The average molecular weight is 437 g/mol. The number of rotatable bonds is 9. The van der Waals surface area contributed by atoms with Crippen LogP contribution in [0.25, 0.3) is 0 Å². The van der Waals surface area contributed by atoms with Crippen molar-refractivity contribution in [2.24, 2.45) is 0 Å². The first kappa shape index (κ1) is 22.2. The highest BCUT2D eigenvalue weighted by Crippen LogP contribution is 2.32. The highest BCUT2D eigenvalue weighted by atomic mass is 16.7. The van der Waals surface area contributed by atoms with Crippen molar-refractivity contribution in [1.29, 1.82) is 0 Å². The lowest BCUT2D eigenvalue weighted by Crippen LogP contribution is -2.50. The molecule has 0 radical (unpaired) electrons. The summed E-state index contributed by atoms with van der Waals surface area (Å²) in [6.45, 7) is 2.59. The van der Waals surface area contributed by atoms with Crippen LogP contribution >= 0.6 is 0 Å². The number of hydrogen-bond acceptors (Lipinski definition) is 4. The third-order valence-electron chi connectivity index (χ3n) is 6.42. The average Bonchev–Trinajstić information content (AvgIpc) is 3.50. The van der Waals surface area contributed by atoms with E-state index in [1.807, 2.05) is 43.3 Å². The summed E-state index contributed by atoms with van der Waals surface area (Å²) in [5.74, 6) is 1.40. The summed E-state index contributed by atoms with van der Waals surface area (Å²) >= 11 is 0. The molecule has 6 nitrogen and oxygen atoms in total. The first-order valence-corrected chi connectivity index (χ1v) is 11.6. The Labute approximate surface area is 189 Å². The molecule has 1 saturated carbocycles. The highest BCUT2D eigenvalue weighted by molar-refractivity contribution is 5.87. The van der Waals surface area contributed by atoms with Gasteiger partial charge < -0.3 is 19.7 Å². The number of amides is 2. The molecule has 2 aromatic carbocycles. The van der Waals surface area contributed by atoms with Gasteiger partial charge in [-0.25, -0.2) is 0 Å². The molecule has 0 saturated heterocycles. The van der Waals surface area contributed by atoms with Gasteiger partial charge in [-0.15, -0.1) is 0 Å². The predicted octanol–water partition coefficient (Wildman–Crippen LogP) is 3.87. The Bertz CT molecular complexity index is 925. The largest absolute Gasteiger partial charge is 0.454 e. The highest BCUT2D eigenvalue weighted by Gasteiger charge is 2.28. The lowest BCUT2D eigenvalue weighted by atomic mass is 10.1. The molecule has 2 aliphatic rings. The predicted molar refractivity (Wildman–Crippen MR) is 123 cm³/mol. The molecule has 1 atom stereocenters. The summed E-state index contributed by atoms with van der Waals surface area (Å²) in [6.07, 6.45) is 6.03. The lowest BCUT2D eigenvalue weighted by Gasteiger charge is -2.30. The minimum Gasteiger partial charge on any atom is -0.454 e. The van der Waals surface area contributed by atoms with Gasteiger partial charge in [-0.1, -0.05) is 49.2 Å². The van der Waals surface area contributed by atoms with Crippen LogP contribution in [0.2, 0.25) is 0 Å². The fourth-order valence-corrected chi connectivity index (χ4v) is 4.45. The number of fused-ring (bicyclic) bond motifs is 1. The molecule has 32 heavy (non-hydrogen) atoms. The maximum atomic E-state index is 13.2. The smallest absolute Gasteiger partial charge is 0.242 e. The maximum Gasteiger partial charge on any atom is 0.242 e. The van der Waals surface area contributed by atoms with Gasteiger partial charge in [0, 0.05) is 19.0 Å². The molecule has 1 aliphatic carbocycles. The molecule has 1 aliphatic heterocycles. The fraction of sp³-hybridized carbons (Fsp3) is 0.462. The first-order valence-electron chi connectivity index (χ1n) is 11.6. The SMILES string of the molecule is CC(C(=O)NC1CCCC1)N(CCc1ccccc1)C(=O)CCc1ccc2c(c1)OCO2.